The van der Waals surface area contributed by atoms with E-state index in [1.807, 2.05) is 30.3 Å². The molecule has 6 heteroatoms. The second kappa shape index (κ2) is 19.2. The molecule has 0 bridgehead atoms. The Hall–Kier alpha value is -2.18. The lowest BCUT2D eigenvalue weighted by Gasteiger charge is -2.25. The number of rotatable bonds is 18. The number of hydrogen-bond acceptors (Lipinski definition) is 3. The third kappa shape index (κ3) is 11.8. The number of ether oxygens (including phenoxy) is 1. The molecular formula is C36H53BrN2O2S. The molecule has 3 aromatic rings. The molecule has 0 saturated carbocycles. The minimum Gasteiger partial charge on any atom is -1.00 e. The fraction of sp³-hybridized carbons (Fsp3) is 0.556. The van der Waals surface area contributed by atoms with Gasteiger partial charge in [-0.2, -0.15) is 4.57 Å². The number of unbranched alkanes of at least 4 members (excludes halogenated alkanes) is 11. The topological polar surface area (TPSA) is 42.2 Å². The van der Waals surface area contributed by atoms with E-state index in [9.17, 15) is 4.79 Å². The summed E-state index contributed by atoms with van der Waals surface area (Å²) in [5.74, 6) is 0.599. The number of para-hydroxylation sites is 2. The van der Waals surface area contributed by atoms with Crippen LogP contribution in [0.5, 0.6) is 5.75 Å². The summed E-state index contributed by atoms with van der Waals surface area (Å²) in [7, 11) is 0. The summed E-state index contributed by atoms with van der Waals surface area (Å²) < 4.78 is 8.62. The van der Waals surface area contributed by atoms with Crippen LogP contribution in [0.25, 0.3) is 0 Å². The summed E-state index contributed by atoms with van der Waals surface area (Å²) in [5.41, 5.74) is 3.46. The van der Waals surface area contributed by atoms with Crippen LogP contribution in [-0.2, 0) is 12.0 Å². The lowest BCUT2D eigenvalue weighted by atomic mass is 9.85. The van der Waals surface area contributed by atoms with E-state index < -0.39 is 0 Å². The van der Waals surface area contributed by atoms with E-state index in [2.05, 4.69) is 68.2 Å². The standard InChI is InChI=1S/C36H52N2O2S.BrH/c1-6-7-8-9-10-11-12-13-14-15-16-19-26-40-34-31(22-20-23-32(34)36(3,4)5)35(39)37-33-24-18-17-21-30(33)28-38-25-27-41-29(38)2;/h17-18,20-25,27H,6-16,19,26,28H2,1-5H3;1H. The van der Waals surface area contributed by atoms with Crippen LogP contribution < -0.4 is 31.6 Å². The number of benzene rings is 2. The normalized spacial score (nSPS) is 11.3. The van der Waals surface area contributed by atoms with Crippen molar-refractivity contribution in [3.63, 3.8) is 0 Å². The molecule has 42 heavy (non-hydrogen) atoms. The first-order chi connectivity index (χ1) is 19.8. The number of amides is 1. The highest BCUT2D eigenvalue weighted by atomic mass is 79.9. The van der Waals surface area contributed by atoms with E-state index >= 15 is 0 Å². The van der Waals surface area contributed by atoms with Crippen LogP contribution in [0.4, 0.5) is 5.69 Å². The molecule has 1 aromatic heterocycles. The van der Waals surface area contributed by atoms with Crippen molar-refractivity contribution in [1.82, 2.24) is 0 Å². The van der Waals surface area contributed by atoms with Crippen molar-refractivity contribution in [3.05, 3.63) is 75.7 Å². The second-order valence-corrected chi connectivity index (χ2v) is 13.4. The summed E-state index contributed by atoms with van der Waals surface area (Å²) >= 11 is 1.72. The van der Waals surface area contributed by atoms with Crippen molar-refractivity contribution < 1.29 is 31.1 Å². The summed E-state index contributed by atoms with van der Waals surface area (Å²) in [6, 6.07) is 14.0. The zero-order valence-electron chi connectivity index (χ0n) is 26.6. The summed E-state index contributed by atoms with van der Waals surface area (Å²) in [4.78, 5) is 13.7. The van der Waals surface area contributed by atoms with Gasteiger partial charge in [-0.25, -0.2) is 0 Å². The zero-order valence-corrected chi connectivity index (χ0v) is 29.0. The Labute approximate surface area is 270 Å². The minimum atomic E-state index is -0.132. The van der Waals surface area contributed by atoms with E-state index in [0.29, 0.717) is 12.2 Å². The molecule has 0 spiro atoms. The third-order valence-corrected chi connectivity index (χ3v) is 8.64. The SMILES string of the molecule is CCCCCCCCCCCCCCOc1c(C(=O)Nc2ccccc2C[n+]2ccsc2C)cccc1C(C)(C)C.[Br-]. The van der Waals surface area contributed by atoms with Crippen LogP contribution >= 0.6 is 11.3 Å². The van der Waals surface area contributed by atoms with Crippen molar-refractivity contribution >= 4 is 22.9 Å². The van der Waals surface area contributed by atoms with Gasteiger partial charge in [-0.1, -0.05) is 140 Å². The van der Waals surface area contributed by atoms with Gasteiger partial charge < -0.3 is 27.0 Å². The fourth-order valence-corrected chi connectivity index (χ4v) is 5.94. The molecule has 0 saturated heterocycles. The van der Waals surface area contributed by atoms with Crippen LogP contribution in [0, 0.1) is 6.92 Å². The van der Waals surface area contributed by atoms with Crippen molar-refractivity contribution in [2.45, 2.75) is 124 Å². The summed E-state index contributed by atoms with van der Waals surface area (Å²) in [6.07, 6.45) is 17.9. The molecule has 4 nitrogen and oxygen atoms in total. The molecule has 0 atom stereocenters. The number of hydrogen-bond donors (Lipinski definition) is 1. The quantitative estimate of drug-likeness (QED) is 0.118. The Balaban J connectivity index is 0.00000616. The maximum Gasteiger partial charge on any atom is 0.259 e. The number of thiazole rings is 1. The predicted octanol–water partition coefficient (Wildman–Crippen LogP) is 7.03. The summed E-state index contributed by atoms with van der Waals surface area (Å²) in [6.45, 7) is 12.3. The smallest absolute Gasteiger partial charge is 0.259 e. The van der Waals surface area contributed by atoms with Gasteiger partial charge in [0.1, 0.15) is 5.75 Å². The molecule has 0 aliphatic rings. The van der Waals surface area contributed by atoms with Crippen molar-refractivity contribution in [2.75, 3.05) is 11.9 Å². The molecule has 0 aliphatic carbocycles. The van der Waals surface area contributed by atoms with E-state index in [-0.39, 0.29) is 28.3 Å². The first kappa shape index (κ1) is 36.0. The summed E-state index contributed by atoms with van der Waals surface area (Å²) in [5, 5.41) is 6.52. The Morgan fingerprint density at radius 3 is 2.07 bits per heavy atom. The first-order valence-electron chi connectivity index (χ1n) is 15.9. The number of carbonyl (C=O) groups is 1. The Bertz CT molecular complexity index is 1200. The highest BCUT2D eigenvalue weighted by molar-refractivity contribution is 7.09. The Morgan fingerprint density at radius 2 is 1.48 bits per heavy atom. The maximum absolute atomic E-state index is 13.7. The van der Waals surface area contributed by atoms with Crippen LogP contribution in [0.2, 0.25) is 0 Å². The lowest BCUT2D eigenvalue weighted by Crippen LogP contribution is -3.00. The number of halogens is 1. The minimum absolute atomic E-state index is 0. The molecule has 0 aliphatic heterocycles. The number of nitrogens with zero attached hydrogens (tertiary/aromatic N) is 1. The van der Waals surface area contributed by atoms with Crippen molar-refractivity contribution in [1.29, 1.82) is 0 Å². The van der Waals surface area contributed by atoms with Gasteiger partial charge in [-0.15, -0.1) is 0 Å². The van der Waals surface area contributed by atoms with Crippen LogP contribution in [0.1, 0.15) is 131 Å². The van der Waals surface area contributed by atoms with Gasteiger partial charge in [0.25, 0.3) is 5.91 Å². The van der Waals surface area contributed by atoms with Gasteiger partial charge >= 0.3 is 0 Å². The van der Waals surface area contributed by atoms with Crippen LogP contribution in [0.15, 0.2) is 54.0 Å². The molecule has 1 amide bonds. The molecule has 2 aromatic carbocycles. The van der Waals surface area contributed by atoms with Gasteiger partial charge in [0, 0.05) is 18.1 Å². The molecular weight excluding hydrogens is 604 g/mol. The van der Waals surface area contributed by atoms with Gasteiger partial charge in [0.15, 0.2) is 12.7 Å². The average Bonchev–Trinajstić information content (AvgIpc) is 3.35. The van der Waals surface area contributed by atoms with Crippen molar-refractivity contribution in [3.8, 4) is 5.75 Å². The Morgan fingerprint density at radius 1 is 0.857 bits per heavy atom. The third-order valence-electron chi connectivity index (χ3n) is 7.80. The Kier molecular flexibility index (Phi) is 16.4. The molecule has 0 radical (unpaired) electrons. The van der Waals surface area contributed by atoms with Gasteiger partial charge in [-0.3, -0.25) is 4.79 Å². The molecule has 1 heterocycles. The largest absolute Gasteiger partial charge is 1.00 e. The van der Waals surface area contributed by atoms with Gasteiger partial charge in [-0.05, 0) is 24.0 Å². The fourth-order valence-electron chi connectivity index (χ4n) is 5.27. The highest BCUT2D eigenvalue weighted by Gasteiger charge is 2.25. The number of aryl methyl sites for hydroxylation is 1. The molecule has 0 fully saturated rings. The highest BCUT2D eigenvalue weighted by Crippen LogP contribution is 2.35. The number of anilines is 1. The van der Waals surface area contributed by atoms with Crippen LogP contribution in [-0.4, -0.2) is 12.5 Å². The number of aromatic nitrogens is 1. The average molecular weight is 658 g/mol. The van der Waals surface area contributed by atoms with E-state index in [1.54, 1.807) is 11.3 Å². The van der Waals surface area contributed by atoms with E-state index in [0.717, 1.165) is 35.5 Å². The number of carbonyl (C=O) groups excluding carboxylic acids is 1. The van der Waals surface area contributed by atoms with E-state index in [1.165, 1.54) is 75.6 Å². The predicted molar refractivity (Wildman–Crippen MR) is 174 cm³/mol. The molecule has 232 valence electrons. The first-order valence-corrected chi connectivity index (χ1v) is 16.8. The van der Waals surface area contributed by atoms with E-state index in [4.69, 9.17) is 4.74 Å². The van der Waals surface area contributed by atoms with Gasteiger partial charge in [0.05, 0.1) is 23.2 Å². The van der Waals surface area contributed by atoms with Crippen molar-refractivity contribution in [2.24, 2.45) is 0 Å². The molecule has 0 unspecified atom stereocenters. The van der Waals surface area contributed by atoms with Gasteiger partial charge in [0.2, 0.25) is 5.01 Å². The maximum atomic E-state index is 13.7. The zero-order chi connectivity index (χ0) is 29.5. The molecule has 1 N–H and O–H groups in total. The second-order valence-electron chi connectivity index (χ2n) is 12.3. The lowest BCUT2D eigenvalue weighted by molar-refractivity contribution is -0.689. The number of nitrogens with one attached hydrogen (secondary N) is 1. The molecule has 3 rings (SSSR count). The monoisotopic (exact) mass is 656 g/mol. The van der Waals surface area contributed by atoms with Crippen LogP contribution in [0.3, 0.4) is 0 Å².